The Bertz CT molecular complexity index is 1520. The second-order valence-corrected chi connectivity index (χ2v) is 15.6. The van der Waals surface area contributed by atoms with Crippen LogP contribution in [0.2, 0.25) is 0 Å². The Morgan fingerprint density at radius 1 is 0.979 bits per heavy atom. The number of carbonyl (C=O) groups excluding carboxylic acids is 5. The number of carbonyl (C=O) groups is 5. The summed E-state index contributed by atoms with van der Waals surface area (Å²) in [5, 5.41) is 0. The molecule has 1 aromatic heterocycles. The Labute approximate surface area is 282 Å². The predicted molar refractivity (Wildman–Crippen MR) is 171 cm³/mol. The third kappa shape index (κ3) is 5.13. The van der Waals surface area contributed by atoms with Crippen molar-refractivity contribution in [2.45, 2.75) is 124 Å². The molecule has 4 fully saturated rings. The smallest absolute Gasteiger partial charge is 0.308 e. The van der Waals surface area contributed by atoms with Gasteiger partial charge in [-0.1, -0.05) is 47.1 Å². The van der Waals surface area contributed by atoms with Gasteiger partial charge in [-0.25, -0.2) is 0 Å². The lowest BCUT2D eigenvalue weighted by atomic mass is 9.43. The van der Waals surface area contributed by atoms with Gasteiger partial charge in [0.05, 0.1) is 37.1 Å². The first-order chi connectivity index (χ1) is 22.3. The van der Waals surface area contributed by atoms with Gasteiger partial charge in [-0.2, -0.15) is 0 Å². The summed E-state index contributed by atoms with van der Waals surface area (Å²) in [7, 11) is 1.29. The van der Waals surface area contributed by atoms with Crippen LogP contribution >= 0.6 is 0 Å². The molecular weight excluding hydrogens is 620 g/mol. The van der Waals surface area contributed by atoms with E-state index in [2.05, 4.69) is 0 Å². The van der Waals surface area contributed by atoms with Gasteiger partial charge in [0.1, 0.15) is 29.7 Å². The van der Waals surface area contributed by atoms with Crippen LogP contribution in [0.1, 0.15) is 100.0 Å². The first-order valence-corrected chi connectivity index (χ1v) is 16.8. The molecule has 11 nitrogen and oxygen atoms in total. The van der Waals surface area contributed by atoms with Crippen LogP contribution in [0.5, 0.6) is 0 Å². The molecule has 0 unspecified atom stereocenters. The van der Waals surface area contributed by atoms with Crippen molar-refractivity contribution >= 4 is 29.7 Å². The highest BCUT2D eigenvalue weighted by molar-refractivity contribution is 5.87. The fourth-order valence-corrected chi connectivity index (χ4v) is 9.88. The standard InChI is InChI=1S/C37H50O11/c1-18(2)29-30(35(9)24(15-28(41)43-11)34(7,8)25(40)16-26(35)45-20(5)38)31(46-21(6)39)32(47-33(42)19(3)4)36(10)23(22-12-13-44-17-22)14-27-37(29,36)48-27/h12-13,17,19,23-24,26-27,30-32H,14-16H2,1-11H3/t23-,24-,26+,27+,30+,31+,32-,35+,36+,37-/m0/s1. The SMILES string of the molecule is COC(=O)C[C@H]1C(C)(C)C(=O)C[C@@H](OC(C)=O)[C@]1(C)[C@@H]1C(=C(C)C)[C@@]23O[C@@H]2C[C@@H](c2ccoc2)[C@]3(C)[C@@H](OC(=O)C(C)C)[C@@H]1OC(C)=O. The predicted octanol–water partition coefficient (Wildman–Crippen LogP) is 5.49. The quantitative estimate of drug-likeness (QED) is 0.150. The van der Waals surface area contributed by atoms with Crippen molar-refractivity contribution < 1.29 is 52.1 Å². The van der Waals surface area contributed by atoms with Crippen LogP contribution < -0.4 is 0 Å². The van der Waals surface area contributed by atoms with Crippen LogP contribution in [-0.4, -0.2) is 66.8 Å². The van der Waals surface area contributed by atoms with E-state index < -0.39 is 81.8 Å². The molecule has 1 aromatic rings. The fourth-order valence-electron chi connectivity index (χ4n) is 9.88. The van der Waals surface area contributed by atoms with Gasteiger partial charge < -0.3 is 28.1 Å². The number of furan rings is 1. The van der Waals surface area contributed by atoms with Crippen molar-refractivity contribution in [3.63, 3.8) is 0 Å². The normalized spacial score (nSPS) is 38.0. The number of hydrogen-bond donors (Lipinski definition) is 0. The van der Waals surface area contributed by atoms with Crippen LogP contribution in [-0.2, 0) is 47.7 Å². The molecule has 3 aliphatic carbocycles. The molecule has 2 heterocycles. The summed E-state index contributed by atoms with van der Waals surface area (Å²) in [6, 6.07) is 1.89. The minimum Gasteiger partial charge on any atom is -0.472 e. The van der Waals surface area contributed by atoms with Crippen LogP contribution in [0.3, 0.4) is 0 Å². The lowest BCUT2D eigenvalue weighted by Crippen LogP contribution is -2.70. The molecule has 4 aliphatic rings. The minimum atomic E-state index is -1.23. The molecule has 0 N–H and O–H groups in total. The maximum atomic E-state index is 13.9. The topological polar surface area (TPSA) is 148 Å². The van der Waals surface area contributed by atoms with Gasteiger partial charge >= 0.3 is 23.9 Å². The first-order valence-electron chi connectivity index (χ1n) is 16.8. The van der Waals surface area contributed by atoms with Crippen LogP contribution in [0.25, 0.3) is 0 Å². The van der Waals surface area contributed by atoms with Gasteiger partial charge in [0.25, 0.3) is 0 Å². The third-order valence-corrected chi connectivity index (χ3v) is 12.1. The zero-order valence-electron chi connectivity index (χ0n) is 30.0. The molecule has 10 atom stereocenters. The van der Waals surface area contributed by atoms with Crippen LogP contribution in [0.15, 0.2) is 34.2 Å². The summed E-state index contributed by atoms with van der Waals surface area (Å²) in [5.41, 5.74) is -1.60. The minimum absolute atomic E-state index is 0.122. The molecule has 1 aliphatic heterocycles. The van der Waals surface area contributed by atoms with E-state index in [1.807, 2.05) is 33.8 Å². The van der Waals surface area contributed by atoms with Crippen LogP contribution in [0, 0.1) is 34.0 Å². The second kappa shape index (κ2) is 12.1. The second-order valence-electron chi connectivity index (χ2n) is 15.6. The van der Waals surface area contributed by atoms with Gasteiger partial charge in [-0.05, 0) is 43.4 Å². The number of ether oxygens (including phenoxy) is 5. The lowest BCUT2D eigenvalue weighted by molar-refractivity contribution is -0.229. The molecule has 1 saturated heterocycles. The van der Waals surface area contributed by atoms with Gasteiger partial charge in [-0.3, -0.25) is 24.0 Å². The number of esters is 4. The molecule has 0 amide bonds. The van der Waals surface area contributed by atoms with Crippen LogP contribution in [0.4, 0.5) is 0 Å². The molecule has 48 heavy (non-hydrogen) atoms. The van der Waals surface area contributed by atoms with Crippen molar-refractivity contribution in [2.24, 2.45) is 34.0 Å². The fraction of sp³-hybridized carbons (Fsp3) is 0.703. The largest absolute Gasteiger partial charge is 0.472 e. The number of methoxy groups -OCH3 is 1. The Morgan fingerprint density at radius 2 is 1.62 bits per heavy atom. The molecule has 5 rings (SSSR count). The monoisotopic (exact) mass is 670 g/mol. The van der Waals surface area contributed by atoms with E-state index in [9.17, 15) is 24.0 Å². The summed E-state index contributed by atoms with van der Waals surface area (Å²) in [6.07, 6.45) is 0.127. The van der Waals surface area contributed by atoms with Gasteiger partial charge in [-0.15, -0.1) is 0 Å². The average molecular weight is 671 g/mol. The van der Waals surface area contributed by atoms with Gasteiger partial charge in [0, 0.05) is 49.4 Å². The van der Waals surface area contributed by atoms with Crippen molar-refractivity contribution in [1.82, 2.24) is 0 Å². The van der Waals surface area contributed by atoms with E-state index in [1.165, 1.54) is 21.0 Å². The Balaban J connectivity index is 1.86. The van der Waals surface area contributed by atoms with E-state index in [-0.39, 0.29) is 30.6 Å². The molecule has 3 saturated carbocycles. The van der Waals surface area contributed by atoms with E-state index in [1.54, 1.807) is 40.2 Å². The van der Waals surface area contributed by atoms with Crippen molar-refractivity contribution in [3.05, 3.63) is 35.3 Å². The maximum Gasteiger partial charge on any atom is 0.308 e. The molecule has 0 bridgehead atoms. The third-order valence-electron chi connectivity index (χ3n) is 12.1. The van der Waals surface area contributed by atoms with Crippen molar-refractivity contribution in [1.29, 1.82) is 0 Å². The molecule has 0 radical (unpaired) electrons. The number of rotatable bonds is 8. The molecular formula is C37H50O11. The molecule has 0 aromatic carbocycles. The molecule has 11 heteroatoms. The van der Waals surface area contributed by atoms with Crippen molar-refractivity contribution in [3.8, 4) is 0 Å². The van der Waals surface area contributed by atoms with Gasteiger partial charge in [0.15, 0.2) is 0 Å². The Kier molecular flexibility index (Phi) is 9.06. The van der Waals surface area contributed by atoms with Crippen molar-refractivity contribution in [2.75, 3.05) is 7.11 Å². The highest BCUT2D eigenvalue weighted by atomic mass is 16.6. The molecule has 264 valence electrons. The summed E-state index contributed by atoms with van der Waals surface area (Å²) in [4.78, 5) is 66.6. The number of Topliss-reactive ketones (excluding diaryl/α,β-unsaturated/α-hetero) is 1. The highest BCUT2D eigenvalue weighted by Gasteiger charge is 2.85. The first kappa shape index (κ1) is 35.8. The summed E-state index contributed by atoms with van der Waals surface area (Å²) >= 11 is 0. The zero-order valence-corrected chi connectivity index (χ0v) is 30.0. The molecule has 1 spiro atoms. The lowest BCUT2D eigenvalue weighted by Gasteiger charge is -2.62. The number of allylic oxidation sites excluding steroid dienone is 1. The number of ketones is 1. The summed E-state index contributed by atoms with van der Waals surface area (Å²) in [6.45, 7) is 17.5. The highest BCUT2D eigenvalue weighted by Crippen LogP contribution is 2.77. The van der Waals surface area contributed by atoms with E-state index >= 15 is 0 Å². The Morgan fingerprint density at radius 3 is 2.15 bits per heavy atom. The van der Waals surface area contributed by atoms with E-state index in [4.69, 9.17) is 28.1 Å². The average Bonchev–Trinajstić information content (AvgIpc) is 3.31. The number of hydrogen-bond acceptors (Lipinski definition) is 11. The Hall–Kier alpha value is -3.47. The summed E-state index contributed by atoms with van der Waals surface area (Å²) in [5.74, 6) is -4.67. The van der Waals surface area contributed by atoms with Gasteiger partial charge in [0.2, 0.25) is 0 Å². The maximum absolute atomic E-state index is 13.9. The van der Waals surface area contributed by atoms with E-state index in [0.29, 0.717) is 6.42 Å². The van der Waals surface area contributed by atoms with E-state index in [0.717, 1.165) is 16.7 Å². The summed E-state index contributed by atoms with van der Waals surface area (Å²) < 4.78 is 36.4. The number of epoxide rings is 1. The zero-order chi connectivity index (χ0) is 35.7.